The van der Waals surface area contributed by atoms with Crippen LogP contribution in [0.4, 0.5) is 11.4 Å². The molecule has 2 aromatic carbocycles. The zero-order valence-electron chi connectivity index (χ0n) is 16.6. The molecule has 2 rings (SSSR count). The maximum absolute atomic E-state index is 12.7. The normalized spacial score (nSPS) is 12.1. The quantitative estimate of drug-likeness (QED) is 0.516. The number of sulfonamides is 1. The predicted molar refractivity (Wildman–Crippen MR) is 109 cm³/mol. The van der Waals surface area contributed by atoms with Gasteiger partial charge in [-0.1, -0.05) is 18.2 Å². The van der Waals surface area contributed by atoms with Crippen LogP contribution in [0.25, 0.3) is 0 Å². The SMILES string of the molecule is COc1ccc(CNC(=O)C(C)N(c2cc([N+](=O)[O-])ccc2C)S(C)(=O)=O)cc1. The highest BCUT2D eigenvalue weighted by atomic mass is 32.2. The molecule has 0 radical (unpaired) electrons. The van der Waals surface area contributed by atoms with Crippen molar-refractivity contribution in [2.75, 3.05) is 17.7 Å². The summed E-state index contributed by atoms with van der Waals surface area (Å²) in [6.45, 7) is 3.25. The summed E-state index contributed by atoms with van der Waals surface area (Å²) in [5.41, 5.74) is 1.14. The van der Waals surface area contributed by atoms with E-state index in [4.69, 9.17) is 4.74 Å². The van der Waals surface area contributed by atoms with Crippen LogP contribution in [0.2, 0.25) is 0 Å². The molecule has 0 aliphatic heterocycles. The van der Waals surface area contributed by atoms with Crippen LogP contribution >= 0.6 is 0 Å². The van der Waals surface area contributed by atoms with E-state index in [2.05, 4.69) is 5.32 Å². The van der Waals surface area contributed by atoms with Gasteiger partial charge in [-0.3, -0.25) is 19.2 Å². The highest BCUT2D eigenvalue weighted by Crippen LogP contribution is 2.29. The number of nitrogens with one attached hydrogen (secondary N) is 1. The van der Waals surface area contributed by atoms with E-state index in [0.717, 1.165) is 22.2 Å². The van der Waals surface area contributed by atoms with Gasteiger partial charge >= 0.3 is 0 Å². The van der Waals surface area contributed by atoms with Gasteiger partial charge in [-0.2, -0.15) is 0 Å². The molecule has 0 bridgehead atoms. The number of ether oxygens (including phenoxy) is 1. The first-order valence-electron chi connectivity index (χ1n) is 8.69. The minimum Gasteiger partial charge on any atom is -0.497 e. The fourth-order valence-electron chi connectivity index (χ4n) is 2.81. The number of methoxy groups -OCH3 is 1. The van der Waals surface area contributed by atoms with Crippen molar-refractivity contribution in [3.8, 4) is 5.75 Å². The van der Waals surface area contributed by atoms with Crippen molar-refractivity contribution >= 4 is 27.3 Å². The van der Waals surface area contributed by atoms with Gasteiger partial charge in [-0.25, -0.2) is 8.42 Å². The van der Waals surface area contributed by atoms with Crippen LogP contribution in [0.15, 0.2) is 42.5 Å². The fourth-order valence-corrected chi connectivity index (χ4v) is 4.03. The summed E-state index contributed by atoms with van der Waals surface area (Å²) in [5, 5.41) is 13.8. The molecule has 1 unspecified atom stereocenters. The molecular weight excluding hydrogens is 398 g/mol. The molecule has 0 aliphatic rings. The molecule has 1 atom stereocenters. The maximum Gasteiger partial charge on any atom is 0.271 e. The molecule has 1 N–H and O–H groups in total. The average molecular weight is 421 g/mol. The Balaban J connectivity index is 2.27. The van der Waals surface area contributed by atoms with Crippen LogP contribution in [0, 0.1) is 17.0 Å². The lowest BCUT2D eigenvalue weighted by molar-refractivity contribution is -0.384. The van der Waals surface area contributed by atoms with E-state index in [1.165, 1.54) is 19.1 Å². The second kappa shape index (κ2) is 8.91. The molecule has 0 fully saturated rings. The molecule has 0 saturated carbocycles. The van der Waals surface area contributed by atoms with Crippen molar-refractivity contribution < 1.29 is 22.9 Å². The number of carbonyl (C=O) groups excluding carboxylic acids is 1. The van der Waals surface area contributed by atoms with Crippen LogP contribution in [0.1, 0.15) is 18.1 Å². The molecule has 0 spiro atoms. The Labute approximate surface area is 169 Å². The number of rotatable bonds is 8. The smallest absolute Gasteiger partial charge is 0.271 e. The summed E-state index contributed by atoms with van der Waals surface area (Å²) in [6, 6.07) is 9.85. The Hall–Kier alpha value is -3.14. The molecule has 10 heteroatoms. The van der Waals surface area contributed by atoms with Gasteiger partial charge < -0.3 is 10.1 Å². The lowest BCUT2D eigenvalue weighted by Gasteiger charge is -2.29. The topological polar surface area (TPSA) is 119 Å². The van der Waals surface area contributed by atoms with E-state index in [9.17, 15) is 23.3 Å². The number of carbonyl (C=O) groups is 1. The number of anilines is 1. The number of hydrogen-bond acceptors (Lipinski definition) is 6. The zero-order chi connectivity index (χ0) is 21.8. The van der Waals surface area contributed by atoms with Gasteiger partial charge in [0, 0.05) is 18.7 Å². The predicted octanol–water partition coefficient (Wildman–Crippen LogP) is 2.38. The van der Waals surface area contributed by atoms with Gasteiger partial charge in [0.05, 0.1) is 24.0 Å². The third-order valence-electron chi connectivity index (χ3n) is 4.36. The summed E-state index contributed by atoms with van der Waals surface area (Å²) < 4.78 is 30.8. The van der Waals surface area contributed by atoms with Crippen LogP contribution in [-0.4, -0.2) is 38.7 Å². The number of nitro benzene ring substituents is 1. The Kier molecular flexibility index (Phi) is 6.80. The first-order valence-corrected chi connectivity index (χ1v) is 10.5. The van der Waals surface area contributed by atoms with E-state index in [1.807, 2.05) is 0 Å². The molecule has 0 aliphatic carbocycles. The molecule has 0 heterocycles. The first kappa shape index (κ1) is 22.2. The van der Waals surface area contributed by atoms with E-state index in [-0.39, 0.29) is 17.9 Å². The Bertz CT molecular complexity index is 1010. The molecule has 156 valence electrons. The lowest BCUT2D eigenvalue weighted by Crippen LogP contribution is -2.48. The van der Waals surface area contributed by atoms with Gasteiger partial charge in [0.1, 0.15) is 11.8 Å². The Morgan fingerprint density at radius 2 is 1.86 bits per heavy atom. The molecule has 2 aromatic rings. The second-order valence-corrected chi connectivity index (χ2v) is 8.39. The highest BCUT2D eigenvalue weighted by Gasteiger charge is 2.31. The summed E-state index contributed by atoms with van der Waals surface area (Å²) in [5.74, 6) is 0.148. The standard InChI is InChI=1S/C19H23N3O6S/c1-13-5-8-16(22(24)25)11-18(13)21(29(4,26)27)14(2)19(23)20-12-15-6-9-17(28-3)10-7-15/h5-11,14H,12H2,1-4H3,(H,20,23). The largest absolute Gasteiger partial charge is 0.497 e. The second-order valence-electron chi connectivity index (χ2n) is 6.53. The van der Waals surface area contributed by atoms with Crippen LogP contribution in [0.5, 0.6) is 5.75 Å². The van der Waals surface area contributed by atoms with Gasteiger partial charge in [-0.05, 0) is 37.1 Å². The molecule has 29 heavy (non-hydrogen) atoms. The summed E-state index contributed by atoms with van der Waals surface area (Å²) >= 11 is 0. The first-order chi connectivity index (χ1) is 13.5. The Morgan fingerprint density at radius 3 is 2.38 bits per heavy atom. The number of aryl methyl sites for hydroxylation is 1. The number of amides is 1. The van der Waals surface area contributed by atoms with Gasteiger partial charge in [0.2, 0.25) is 15.9 Å². The van der Waals surface area contributed by atoms with Crippen molar-refractivity contribution in [2.45, 2.75) is 26.4 Å². The average Bonchev–Trinajstić information content (AvgIpc) is 2.66. The van der Waals surface area contributed by atoms with Crippen molar-refractivity contribution in [3.63, 3.8) is 0 Å². The number of nitro groups is 1. The highest BCUT2D eigenvalue weighted by molar-refractivity contribution is 7.92. The van der Waals surface area contributed by atoms with Crippen molar-refractivity contribution in [3.05, 3.63) is 63.7 Å². The molecule has 9 nitrogen and oxygen atoms in total. The summed E-state index contributed by atoms with van der Waals surface area (Å²) in [6.07, 6.45) is 0.957. The van der Waals surface area contributed by atoms with Gasteiger partial charge in [0.15, 0.2) is 0 Å². The van der Waals surface area contributed by atoms with E-state index < -0.39 is 26.9 Å². The van der Waals surface area contributed by atoms with Crippen molar-refractivity contribution in [1.82, 2.24) is 5.32 Å². The number of hydrogen-bond donors (Lipinski definition) is 1. The maximum atomic E-state index is 12.7. The number of nitrogens with zero attached hydrogens (tertiary/aromatic N) is 2. The minimum atomic E-state index is -3.89. The van der Waals surface area contributed by atoms with Gasteiger partial charge in [-0.15, -0.1) is 0 Å². The molecule has 1 amide bonds. The lowest BCUT2D eigenvalue weighted by atomic mass is 10.1. The number of non-ortho nitro benzene ring substituents is 1. The van der Waals surface area contributed by atoms with Crippen molar-refractivity contribution in [2.24, 2.45) is 0 Å². The third-order valence-corrected chi connectivity index (χ3v) is 5.58. The molecule has 0 saturated heterocycles. The van der Waals surface area contributed by atoms with E-state index >= 15 is 0 Å². The summed E-state index contributed by atoms with van der Waals surface area (Å²) in [4.78, 5) is 23.1. The summed E-state index contributed by atoms with van der Waals surface area (Å²) in [7, 11) is -2.34. The Morgan fingerprint density at radius 1 is 1.24 bits per heavy atom. The van der Waals surface area contributed by atoms with Crippen molar-refractivity contribution in [1.29, 1.82) is 0 Å². The van der Waals surface area contributed by atoms with Crippen LogP contribution < -0.4 is 14.4 Å². The third kappa shape index (κ3) is 5.44. The van der Waals surface area contributed by atoms with Crippen LogP contribution in [0.3, 0.4) is 0 Å². The molecule has 0 aromatic heterocycles. The van der Waals surface area contributed by atoms with Crippen LogP contribution in [-0.2, 0) is 21.4 Å². The van der Waals surface area contributed by atoms with Gasteiger partial charge in [0.25, 0.3) is 5.69 Å². The zero-order valence-corrected chi connectivity index (χ0v) is 17.4. The molecular formula is C19H23N3O6S. The monoisotopic (exact) mass is 421 g/mol. The number of benzene rings is 2. The minimum absolute atomic E-state index is 0.0915. The van der Waals surface area contributed by atoms with E-state index in [0.29, 0.717) is 11.3 Å². The van der Waals surface area contributed by atoms with E-state index in [1.54, 1.807) is 38.3 Å². The fraction of sp³-hybridized carbons (Fsp3) is 0.316.